The average Bonchev–Trinajstić information content (AvgIpc) is 2.17. The Kier molecular flexibility index (Phi) is 4.42. The van der Waals surface area contributed by atoms with Crippen LogP contribution in [0.15, 0.2) is 24.3 Å². The largest absolute Gasteiger partial charge is 0.0858 e. The van der Waals surface area contributed by atoms with Gasteiger partial charge in [0.25, 0.3) is 0 Å². The van der Waals surface area contributed by atoms with Gasteiger partial charge in [0.15, 0.2) is 0 Å². The van der Waals surface area contributed by atoms with Gasteiger partial charge in [-0.15, -0.1) is 0 Å². The second kappa shape index (κ2) is 5.15. The van der Waals surface area contributed by atoms with Crippen LogP contribution in [0.2, 0.25) is 0 Å². The van der Waals surface area contributed by atoms with Crippen molar-refractivity contribution in [2.45, 2.75) is 33.6 Å². The molecule has 0 saturated heterocycles. The second-order valence-corrected chi connectivity index (χ2v) is 5.55. The summed E-state index contributed by atoms with van der Waals surface area (Å²) in [7, 11) is 0. The van der Waals surface area contributed by atoms with Crippen LogP contribution in [0.4, 0.5) is 0 Å². The van der Waals surface area contributed by atoms with E-state index >= 15 is 0 Å². The lowest BCUT2D eigenvalue weighted by Gasteiger charge is -2.21. The van der Waals surface area contributed by atoms with E-state index in [0.717, 1.165) is 0 Å². The van der Waals surface area contributed by atoms with Gasteiger partial charge in [-0.1, -0.05) is 66.3 Å². The van der Waals surface area contributed by atoms with E-state index in [-0.39, 0.29) is 0 Å². The van der Waals surface area contributed by atoms with Crippen molar-refractivity contribution in [3.63, 3.8) is 0 Å². The Labute approximate surface area is 101 Å². The minimum atomic E-state index is 0.478. The lowest BCUT2D eigenvalue weighted by molar-refractivity contribution is 0.394. The molecule has 0 spiro atoms. The fraction of sp³-hybridized carbons (Fsp3) is 0.538. The van der Waals surface area contributed by atoms with E-state index in [4.69, 9.17) is 0 Å². The van der Waals surface area contributed by atoms with Crippen LogP contribution in [0.25, 0.3) is 0 Å². The second-order valence-electron chi connectivity index (χ2n) is 4.78. The van der Waals surface area contributed by atoms with Crippen LogP contribution in [0.5, 0.6) is 0 Å². The Morgan fingerprint density at radius 3 is 2.21 bits per heavy atom. The zero-order chi connectivity index (χ0) is 10.6. The molecular formula is C13H19I. The highest BCUT2D eigenvalue weighted by Gasteiger charge is 2.15. The molecule has 0 N–H and O–H groups in total. The van der Waals surface area contributed by atoms with E-state index in [1.807, 2.05) is 0 Å². The van der Waals surface area contributed by atoms with Crippen molar-refractivity contribution >= 4 is 22.6 Å². The highest BCUT2D eigenvalue weighted by molar-refractivity contribution is 14.1. The van der Waals surface area contributed by atoms with Gasteiger partial charge in [0.05, 0.1) is 0 Å². The predicted octanol–water partition coefficient (Wildman–Crippen LogP) is 4.39. The molecule has 0 amide bonds. The van der Waals surface area contributed by atoms with Crippen LogP contribution < -0.4 is 0 Å². The van der Waals surface area contributed by atoms with Crippen LogP contribution >= 0.6 is 22.6 Å². The van der Waals surface area contributed by atoms with Crippen LogP contribution in [-0.2, 0) is 6.42 Å². The van der Waals surface area contributed by atoms with Crippen molar-refractivity contribution in [2.24, 2.45) is 5.41 Å². The number of alkyl halides is 1. The van der Waals surface area contributed by atoms with Gasteiger partial charge in [-0.3, -0.25) is 0 Å². The summed E-state index contributed by atoms with van der Waals surface area (Å²) in [5, 5.41) is 0. The molecule has 0 aliphatic rings. The molecule has 0 aliphatic heterocycles. The first kappa shape index (κ1) is 12.0. The van der Waals surface area contributed by atoms with Gasteiger partial charge in [-0.05, 0) is 30.7 Å². The van der Waals surface area contributed by atoms with Crippen molar-refractivity contribution in [1.29, 1.82) is 0 Å². The summed E-state index contributed by atoms with van der Waals surface area (Å²) in [4.78, 5) is 0. The molecule has 1 aromatic rings. The maximum atomic E-state index is 2.48. The molecule has 0 aromatic heterocycles. The number of halogens is 1. The zero-order valence-corrected chi connectivity index (χ0v) is 11.5. The molecule has 0 unspecified atom stereocenters. The van der Waals surface area contributed by atoms with Crippen molar-refractivity contribution in [1.82, 2.24) is 0 Å². The SMILES string of the molecule is Cc1ccc(CCC(C)(C)CI)cc1. The Morgan fingerprint density at radius 2 is 1.71 bits per heavy atom. The fourth-order valence-corrected chi connectivity index (χ4v) is 1.69. The van der Waals surface area contributed by atoms with Gasteiger partial charge in [0.2, 0.25) is 0 Å². The standard InChI is InChI=1S/C13H19I/c1-11-4-6-12(7-5-11)8-9-13(2,3)10-14/h4-7H,8-10H2,1-3H3. The van der Waals surface area contributed by atoms with Crippen molar-refractivity contribution in [2.75, 3.05) is 4.43 Å². The summed E-state index contributed by atoms with van der Waals surface area (Å²) in [6.45, 7) is 6.82. The first-order chi connectivity index (χ1) is 6.53. The first-order valence-electron chi connectivity index (χ1n) is 5.15. The number of aryl methyl sites for hydroxylation is 2. The van der Waals surface area contributed by atoms with E-state index in [1.54, 1.807) is 0 Å². The predicted molar refractivity (Wildman–Crippen MR) is 72.2 cm³/mol. The van der Waals surface area contributed by atoms with Gasteiger partial charge in [-0.25, -0.2) is 0 Å². The minimum absolute atomic E-state index is 0.478. The summed E-state index contributed by atoms with van der Waals surface area (Å²) < 4.78 is 1.23. The fourth-order valence-electron chi connectivity index (χ4n) is 1.30. The van der Waals surface area contributed by atoms with Gasteiger partial charge < -0.3 is 0 Å². The Balaban J connectivity index is 2.50. The summed E-state index contributed by atoms with van der Waals surface area (Å²) in [6.07, 6.45) is 2.48. The molecule has 1 rings (SSSR count). The molecule has 0 bridgehead atoms. The molecular weight excluding hydrogens is 283 g/mol. The van der Waals surface area contributed by atoms with Crippen LogP contribution in [-0.4, -0.2) is 4.43 Å². The van der Waals surface area contributed by atoms with Crippen molar-refractivity contribution < 1.29 is 0 Å². The van der Waals surface area contributed by atoms with Crippen LogP contribution in [0, 0.1) is 12.3 Å². The molecule has 0 heterocycles. The maximum absolute atomic E-state index is 2.48. The number of benzene rings is 1. The molecule has 0 radical (unpaired) electrons. The molecule has 0 saturated carbocycles. The molecule has 0 aliphatic carbocycles. The number of rotatable bonds is 4. The molecule has 1 heteroatoms. The first-order valence-corrected chi connectivity index (χ1v) is 6.67. The summed E-state index contributed by atoms with van der Waals surface area (Å²) >= 11 is 2.48. The smallest absolute Gasteiger partial charge is 0.00468 e. The number of hydrogen-bond donors (Lipinski definition) is 0. The van der Waals surface area contributed by atoms with Crippen molar-refractivity contribution in [3.8, 4) is 0 Å². The van der Waals surface area contributed by atoms with E-state index in [1.165, 1.54) is 28.4 Å². The van der Waals surface area contributed by atoms with Gasteiger partial charge in [-0.2, -0.15) is 0 Å². The van der Waals surface area contributed by atoms with Gasteiger partial charge in [0, 0.05) is 4.43 Å². The van der Waals surface area contributed by atoms with Crippen LogP contribution in [0.3, 0.4) is 0 Å². The third kappa shape index (κ3) is 3.99. The lowest BCUT2D eigenvalue weighted by Crippen LogP contribution is -2.13. The van der Waals surface area contributed by atoms with E-state index in [9.17, 15) is 0 Å². The Hall–Kier alpha value is -0.0500. The summed E-state index contributed by atoms with van der Waals surface area (Å²) in [6, 6.07) is 8.90. The minimum Gasteiger partial charge on any atom is -0.0858 e. The molecule has 0 nitrogen and oxygen atoms in total. The topological polar surface area (TPSA) is 0 Å². The molecule has 0 fully saturated rings. The average molecular weight is 302 g/mol. The van der Waals surface area contributed by atoms with Gasteiger partial charge in [0.1, 0.15) is 0 Å². The molecule has 0 atom stereocenters. The monoisotopic (exact) mass is 302 g/mol. The van der Waals surface area contributed by atoms with E-state index in [2.05, 4.69) is 67.6 Å². The van der Waals surface area contributed by atoms with Crippen molar-refractivity contribution in [3.05, 3.63) is 35.4 Å². The van der Waals surface area contributed by atoms with E-state index in [0.29, 0.717) is 5.41 Å². The third-order valence-corrected chi connectivity index (χ3v) is 4.64. The normalized spacial score (nSPS) is 11.7. The summed E-state index contributed by atoms with van der Waals surface area (Å²) in [5.41, 5.74) is 3.29. The Bertz CT molecular complexity index is 272. The Morgan fingerprint density at radius 1 is 1.14 bits per heavy atom. The molecule has 78 valence electrons. The molecule has 14 heavy (non-hydrogen) atoms. The van der Waals surface area contributed by atoms with Crippen LogP contribution in [0.1, 0.15) is 31.4 Å². The lowest BCUT2D eigenvalue weighted by atomic mass is 9.88. The quantitative estimate of drug-likeness (QED) is 0.571. The van der Waals surface area contributed by atoms with Gasteiger partial charge >= 0.3 is 0 Å². The molecule has 1 aromatic carbocycles. The highest BCUT2D eigenvalue weighted by Crippen LogP contribution is 2.25. The third-order valence-electron chi connectivity index (χ3n) is 2.57. The highest BCUT2D eigenvalue weighted by atomic mass is 127. The summed E-state index contributed by atoms with van der Waals surface area (Å²) in [5.74, 6) is 0. The zero-order valence-electron chi connectivity index (χ0n) is 9.31. The number of hydrogen-bond acceptors (Lipinski definition) is 0. The maximum Gasteiger partial charge on any atom is 0.00468 e. The van der Waals surface area contributed by atoms with E-state index < -0.39 is 0 Å².